The van der Waals surface area contributed by atoms with Crippen molar-refractivity contribution in [3.8, 4) is 5.75 Å². The first-order chi connectivity index (χ1) is 11.5. The Hall–Kier alpha value is -2.96. The second-order valence-corrected chi connectivity index (χ2v) is 4.91. The van der Waals surface area contributed by atoms with E-state index < -0.39 is 12.5 Å². The zero-order valence-corrected chi connectivity index (χ0v) is 12.9. The highest BCUT2D eigenvalue weighted by Gasteiger charge is 2.11. The Labute approximate surface area is 137 Å². The highest BCUT2D eigenvalue weighted by molar-refractivity contribution is 5.96. The molecule has 5 nitrogen and oxygen atoms in total. The van der Waals surface area contributed by atoms with E-state index >= 15 is 0 Å². The van der Waals surface area contributed by atoms with Gasteiger partial charge in [-0.15, -0.1) is 0 Å². The fraction of sp³-hybridized carbons (Fsp3) is 0.176. The third kappa shape index (κ3) is 5.05. The summed E-state index contributed by atoms with van der Waals surface area (Å²) in [5.41, 5.74) is 1.40. The molecule has 0 aromatic heterocycles. The molecule has 2 N–H and O–H groups in total. The van der Waals surface area contributed by atoms with E-state index in [-0.39, 0.29) is 23.8 Å². The van der Waals surface area contributed by atoms with Crippen LogP contribution >= 0.6 is 0 Å². The molecule has 0 saturated heterocycles. The molecule has 0 radical (unpaired) electrons. The quantitative estimate of drug-likeness (QED) is 0.760. The number of halogens is 2. The maximum Gasteiger partial charge on any atom is 0.387 e. The molecule has 0 unspecified atom stereocenters. The smallest absolute Gasteiger partial charge is 0.387 e. The molecular weight excluding hydrogens is 318 g/mol. The van der Waals surface area contributed by atoms with E-state index in [1.54, 1.807) is 30.3 Å². The number of ketones is 1. The summed E-state index contributed by atoms with van der Waals surface area (Å²) in [6.45, 7) is -1.57. The Morgan fingerprint density at radius 1 is 1.08 bits per heavy atom. The topological polar surface area (TPSA) is 67.4 Å². The molecule has 0 aliphatic heterocycles. The summed E-state index contributed by atoms with van der Waals surface area (Å²) in [4.78, 5) is 23.1. The number of hydrogen-bond acceptors (Lipinski definition) is 4. The van der Waals surface area contributed by atoms with Crippen molar-refractivity contribution in [3.05, 3.63) is 54.1 Å². The average Bonchev–Trinajstić information content (AvgIpc) is 2.54. The van der Waals surface area contributed by atoms with Crippen LogP contribution in [-0.4, -0.2) is 24.8 Å². The van der Waals surface area contributed by atoms with Crippen LogP contribution in [0.25, 0.3) is 0 Å². The van der Waals surface area contributed by atoms with Gasteiger partial charge in [0.2, 0.25) is 5.91 Å². The molecule has 7 heteroatoms. The third-order valence-electron chi connectivity index (χ3n) is 3.12. The van der Waals surface area contributed by atoms with Crippen LogP contribution in [0.2, 0.25) is 0 Å². The van der Waals surface area contributed by atoms with Gasteiger partial charge in [0.25, 0.3) is 0 Å². The zero-order chi connectivity index (χ0) is 17.5. The molecule has 0 spiro atoms. The predicted octanol–water partition coefficient (Wildman–Crippen LogP) is 3.54. The second kappa shape index (κ2) is 8.05. The van der Waals surface area contributed by atoms with E-state index in [0.29, 0.717) is 11.3 Å². The number of benzene rings is 2. The van der Waals surface area contributed by atoms with Crippen molar-refractivity contribution in [3.63, 3.8) is 0 Å². The van der Waals surface area contributed by atoms with Crippen molar-refractivity contribution in [1.29, 1.82) is 0 Å². The van der Waals surface area contributed by atoms with Gasteiger partial charge in [-0.25, -0.2) is 0 Å². The molecule has 2 rings (SSSR count). The van der Waals surface area contributed by atoms with Gasteiger partial charge in [-0.05, 0) is 43.3 Å². The van der Waals surface area contributed by atoms with Gasteiger partial charge in [0.1, 0.15) is 5.75 Å². The summed E-state index contributed by atoms with van der Waals surface area (Å²) in [5.74, 6) is -0.572. The lowest BCUT2D eigenvalue weighted by atomic mass is 10.1. The highest BCUT2D eigenvalue weighted by Crippen LogP contribution is 2.25. The molecule has 1 amide bonds. The SMILES string of the molecule is CC(=O)c1ccc(NCC(=O)Nc2ccccc2OC(F)F)cc1. The third-order valence-corrected chi connectivity index (χ3v) is 3.12. The van der Waals surface area contributed by atoms with Crippen molar-refractivity contribution in [2.75, 3.05) is 17.2 Å². The number of ether oxygens (including phenoxy) is 1. The first kappa shape index (κ1) is 17.4. The van der Waals surface area contributed by atoms with Gasteiger partial charge in [-0.3, -0.25) is 9.59 Å². The van der Waals surface area contributed by atoms with Crippen molar-refractivity contribution >= 4 is 23.1 Å². The highest BCUT2D eigenvalue weighted by atomic mass is 19.3. The summed E-state index contributed by atoms with van der Waals surface area (Å²) >= 11 is 0. The minimum atomic E-state index is -2.97. The van der Waals surface area contributed by atoms with Crippen molar-refractivity contribution in [2.24, 2.45) is 0 Å². The monoisotopic (exact) mass is 334 g/mol. The number of Topliss-reactive ketones (excluding diaryl/α,β-unsaturated/α-hetero) is 1. The number of rotatable bonds is 7. The lowest BCUT2D eigenvalue weighted by molar-refractivity contribution is -0.114. The average molecular weight is 334 g/mol. The summed E-state index contributed by atoms with van der Waals surface area (Å²) < 4.78 is 29.0. The van der Waals surface area contributed by atoms with Gasteiger partial charge in [-0.2, -0.15) is 8.78 Å². The summed E-state index contributed by atoms with van der Waals surface area (Å²) in [6.07, 6.45) is 0. The van der Waals surface area contributed by atoms with Gasteiger partial charge in [-0.1, -0.05) is 12.1 Å². The van der Waals surface area contributed by atoms with E-state index in [0.717, 1.165) is 0 Å². The Morgan fingerprint density at radius 3 is 2.38 bits per heavy atom. The van der Waals surface area contributed by atoms with Gasteiger partial charge in [0.15, 0.2) is 5.78 Å². The van der Waals surface area contributed by atoms with Crippen molar-refractivity contribution in [2.45, 2.75) is 13.5 Å². The van der Waals surface area contributed by atoms with Crippen molar-refractivity contribution in [1.82, 2.24) is 0 Å². The van der Waals surface area contributed by atoms with E-state index in [2.05, 4.69) is 15.4 Å². The molecule has 0 aliphatic carbocycles. The predicted molar refractivity (Wildman–Crippen MR) is 86.6 cm³/mol. The Kier molecular flexibility index (Phi) is 5.83. The maximum atomic E-state index is 12.3. The molecule has 126 valence electrons. The standard InChI is InChI=1S/C17H16F2N2O3/c1-11(22)12-6-8-13(9-7-12)20-10-16(23)21-14-4-2-3-5-15(14)24-17(18)19/h2-9,17,20H,10H2,1H3,(H,21,23). The summed E-state index contributed by atoms with van der Waals surface area (Å²) in [6, 6.07) is 12.6. The van der Waals surface area contributed by atoms with E-state index in [4.69, 9.17) is 0 Å². The van der Waals surface area contributed by atoms with Gasteiger partial charge < -0.3 is 15.4 Å². The maximum absolute atomic E-state index is 12.3. The number of carbonyl (C=O) groups is 2. The Balaban J connectivity index is 1.93. The molecule has 2 aromatic rings. The van der Waals surface area contributed by atoms with Crippen LogP contribution in [0.4, 0.5) is 20.2 Å². The van der Waals surface area contributed by atoms with Crippen LogP contribution in [0.5, 0.6) is 5.75 Å². The Morgan fingerprint density at radius 2 is 1.75 bits per heavy atom. The molecular formula is C17H16F2N2O3. The first-order valence-corrected chi connectivity index (χ1v) is 7.14. The molecule has 2 aromatic carbocycles. The Bertz CT molecular complexity index is 718. The van der Waals surface area contributed by atoms with Crippen LogP contribution < -0.4 is 15.4 Å². The second-order valence-electron chi connectivity index (χ2n) is 4.91. The van der Waals surface area contributed by atoms with E-state index in [9.17, 15) is 18.4 Å². The summed E-state index contributed by atoms with van der Waals surface area (Å²) in [7, 11) is 0. The number of anilines is 2. The number of amides is 1. The summed E-state index contributed by atoms with van der Waals surface area (Å²) in [5, 5.41) is 5.38. The largest absolute Gasteiger partial charge is 0.433 e. The number of hydrogen-bond donors (Lipinski definition) is 2. The van der Waals surface area contributed by atoms with E-state index in [1.807, 2.05) is 0 Å². The molecule has 0 atom stereocenters. The fourth-order valence-electron chi connectivity index (χ4n) is 1.97. The van der Waals surface area contributed by atoms with Gasteiger partial charge in [0.05, 0.1) is 12.2 Å². The normalized spacial score (nSPS) is 10.3. The van der Waals surface area contributed by atoms with E-state index in [1.165, 1.54) is 25.1 Å². The van der Waals surface area contributed by atoms with Crippen LogP contribution in [0.3, 0.4) is 0 Å². The van der Waals surface area contributed by atoms with Crippen LogP contribution in [0.1, 0.15) is 17.3 Å². The number of alkyl halides is 2. The number of nitrogens with one attached hydrogen (secondary N) is 2. The lowest BCUT2D eigenvalue weighted by Crippen LogP contribution is -2.22. The molecule has 0 fully saturated rings. The molecule has 24 heavy (non-hydrogen) atoms. The molecule has 0 saturated carbocycles. The fourth-order valence-corrected chi connectivity index (χ4v) is 1.97. The van der Waals surface area contributed by atoms with Gasteiger partial charge in [0, 0.05) is 11.3 Å². The zero-order valence-electron chi connectivity index (χ0n) is 12.9. The molecule has 0 aliphatic rings. The molecule has 0 heterocycles. The van der Waals surface area contributed by atoms with Crippen LogP contribution in [0.15, 0.2) is 48.5 Å². The minimum absolute atomic E-state index is 0.0464. The van der Waals surface area contributed by atoms with Crippen molar-refractivity contribution < 1.29 is 23.1 Å². The lowest BCUT2D eigenvalue weighted by Gasteiger charge is -2.12. The number of para-hydroxylation sites is 2. The first-order valence-electron chi connectivity index (χ1n) is 7.14. The van der Waals surface area contributed by atoms with Gasteiger partial charge >= 0.3 is 6.61 Å². The van der Waals surface area contributed by atoms with Crippen LogP contribution in [-0.2, 0) is 4.79 Å². The van der Waals surface area contributed by atoms with Crippen LogP contribution in [0, 0.1) is 0 Å². The molecule has 0 bridgehead atoms. The number of carbonyl (C=O) groups excluding carboxylic acids is 2. The minimum Gasteiger partial charge on any atom is -0.433 e.